The van der Waals surface area contributed by atoms with E-state index in [9.17, 15) is 14.4 Å². The Kier molecular flexibility index (Phi) is 9.94. The van der Waals surface area contributed by atoms with Gasteiger partial charge < -0.3 is 14.5 Å². The van der Waals surface area contributed by atoms with Crippen LogP contribution >= 0.6 is 0 Å². The van der Waals surface area contributed by atoms with Crippen LogP contribution in [0.4, 0.5) is 0 Å². The first-order valence-electron chi connectivity index (χ1n) is 10.9. The Bertz CT molecular complexity index is 719. The predicted molar refractivity (Wildman–Crippen MR) is 116 cm³/mol. The number of morpholine rings is 1. The molecule has 8 heteroatoms. The van der Waals surface area contributed by atoms with Crippen molar-refractivity contribution in [3.63, 3.8) is 0 Å². The van der Waals surface area contributed by atoms with Crippen molar-refractivity contribution in [1.82, 2.24) is 15.3 Å². The molecule has 1 aromatic rings. The summed E-state index contributed by atoms with van der Waals surface area (Å²) in [6, 6.07) is 9.61. The molecule has 172 valence electrons. The molecule has 2 unspecified atom stereocenters. The smallest absolute Gasteiger partial charge is 0.245 e. The quantitative estimate of drug-likeness (QED) is 0.527. The van der Waals surface area contributed by atoms with E-state index in [1.165, 1.54) is 12.4 Å². The maximum Gasteiger partial charge on any atom is 0.245 e. The second kappa shape index (κ2) is 12.4. The first kappa shape index (κ1) is 24.8. The number of hydroxylamine groups is 1. The number of amides is 3. The minimum Gasteiger partial charge on any atom is -0.378 e. The standard InChI is InChI=1S/C21H30N2O3.C2H5NO2/c1-16(2)14-18-8-9-23(20(18)24)19(15-17-6-4-3-5-7-17)21(25)22-10-12-26-13-11-22;1-2(4)3-5/h3-7,16,18-19H,8-15H2,1-2H3;5H,1H3,(H,3,4). The largest absolute Gasteiger partial charge is 0.378 e. The maximum atomic E-state index is 13.2. The second-order valence-electron chi connectivity index (χ2n) is 8.46. The van der Waals surface area contributed by atoms with E-state index in [4.69, 9.17) is 9.94 Å². The van der Waals surface area contributed by atoms with Crippen LogP contribution in [0.25, 0.3) is 0 Å². The molecular formula is C23H35N3O5. The van der Waals surface area contributed by atoms with E-state index >= 15 is 0 Å². The van der Waals surface area contributed by atoms with Gasteiger partial charge in [0.15, 0.2) is 0 Å². The first-order valence-corrected chi connectivity index (χ1v) is 10.9. The Morgan fingerprint density at radius 3 is 2.32 bits per heavy atom. The number of hydrogen-bond donors (Lipinski definition) is 2. The molecule has 0 bridgehead atoms. The summed E-state index contributed by atoms with van der Waals surface area (Å²) < 4.78 is 5.38. The molecule has 8 nitrogen and oxygen atoms in total. The molecule has 0 aromatic heterocycles. The molecule has 0 aliphatic carbocycles. The molecule has 0 spiro atoms. The maximum absolute atomic E-state index is 13.2. The van der Waals surface area contributed by atoms with E-state index in [1.807, 2.05) is 40.1 Å². The van der Waals surface area contributed by atoms with Gasteiger partial charge in [-0.25, -0.2) is 5.48 Å². The van der Waals surface area contributed by atoms with Gasteiger partial charge in [0.2, 0.25) is 17.7 Å². The fourth-order valence-corrected chi connectivity index (χ4v) is 4.02. The lowest BCUT2D eigenvalue weighted by Gasteiger charge is -2.34. The predicted octanol–water partition coefficient (Wildman–Crippen LogP) is 1.86. The van der Waals surface area contributed by atoms with E-state index in [2.05, 4.69) is 13.8 Å². The number of nitrogens with zero attached hydrogens (tertiary/aromatic N) is 2. The van der Waals surface area contributed by atoms with Gasteiger partial charge in [0.05, 0.1) is 13.2 Å². The number of carbonyl (C=O) groups excluding carboxylic acids is 3. The Hall–Kier alpha value is -2.45. The number of hydrogen-bond acceptors (Lipinski definition) is 5. The highest BCUT2D eigenvalue weighted by Crippen LogP contribution is 2.28. The Balaban J connectivity index is 0.000000614. The molecule has 0 radical (unpaired) electrons. The van der Waals surface area contributed by atoms with Crippen molar-refractivity contribution in [3.05, 3.63) is 35.9 Å². The van der Waals surface area contributed by atoms with Gasteiger partial charge in [-0.15, -0.1) is 0 Å². The zero-order valence-corrected chi connectivity index (χ0v) is 18.8. The van der Waals surface area contributed by atoms with Crippen molar-refractivity contribution >= 4 is 17.7 Å². The molecule has 3 amide bonds. The van der Waals surface area contributed by atoms with Crippen LogP contribution < -0.4 is 5.48 Å². The summed E-state index contributed by atoms with van der Waals surface area (Å²) in [6.45, 7) is 8.58. The topological polar surface area (TPSA) is 99.2 Å². The summed E-state index contributed by atoms with van der Waals surface area (Å²) in [6.07, 6.45) is 2.34. The summed E-state index contributed by atoms with van der Waals surface area (Å²) in [4.78, 5) is 39.4. The molecule has 0 saturated carbocycles. The number of nitrogens with one attached hydrogen (secondary N) is 1. The zero-order valence-electron chi connectivity index (χ0n) is 18.8. The molecule has 3 rings (SSSR count). The Morgan fingerprint density at radius 2 is 1.77 bits per heavy atom. The van der Waals surface area contributed by atoms with E-state index in [0.29, 0.717) is 45.2 Å². The van der Waals surface area contributed by atoms with Crippen LogP contribution in [0.1, 0.15) is 39.2 Å². The molecule has 2 heterocycles. The van der Waals surface area contributed by atoms with Crippen LogP contribution in [0.5, 0.6) is 0 Å². The monoisotopic (exact) mass is 433 g/mol. The minimum atomic E-state index is -0.440. The van der Waals surface area contributed by atoms with Crippen LogP contribution in [-0.2, 0) is 25.5 Å². The van der Waals surface area contributed by atoms with Gasteiger partial charge in [0, 0.05) is 38.9 Å². The number of benzene rings is 1. The fourth-order valence-electron chi connectivity index (χ4n) is 4.02. The zero-order chi connectivity index (χ0) is 22.8. The van der Waals surface area contributed by atoms with Crippen molar-refractivity contribution in [3.8, 4) is 0 Å². The third-order valence-corrected chi connectivity index (χ3v) is 5.52. The SMILES string of the molecule is CC(=O)NO.CC(C)CC1CCN(C(Cc2ccccc2)C(=O)N2CCOCC2)C1=O. The highest BCUT2D eigenvalue weighted by Gasteiger charge is 2.40. The number of carbonyl (C=O) groups is 3. The van der Waals surface area contributed by atoms with Crippen LogP contribution in [-0.4, -0.2) is 71.6 Å². The molecule has 2 saturated heterocycles. The van der Waals surface area contributed by atoms with Crippen molar-refractivity contribution < 1.29 is 24.3 Å². The van der Waals surface area contributed by atoms with Gasteiger partial charge in [-0.05, 0) is 24.3 Å². The summed E-state index contributed by atoms with van der Waals surface area (Å²) in [5, 5.41) is 7.54. The average molecular weight is 434 g/mol. The van der Waals surface area contributed by atoms with Gasteiger partial charge in [-0.2, -0.15) is 0 Å². The van der Waals surface area contributed by atoms with Gasteiger partial charge in [-0.1, -0.05) is 44.2 Å². The van der Waals surface area contributed by atoms with Crippen LogP contribution in [0.2, 0.25) is 0 Å². The lowest BCUT2D eigenvalue weighted by Crippen LogP contribution is -2.53. The molecule has 31 heavy (non-hydrogen) atoms. The molecule has 2 atom stereocenters. The average Bonchev–Trinajstić information content (AvgIpc) is 3.12. The van der Waals surface area contributed by atoms with Gasteiger partial charge >= 0.3 is 0 Å². The summed E-state index contributed by atoms with van der Waals surface area (Å²) in [7, 11) is 0. The molecule has 2 aliphatic heterocycles. The van der Waals surface area contributed by atoms with Crippen molar-refractivity contribution in [2.45, 2.75) is 46.1 Å². The van der Waals surface area contributed by atoms with Crippen molar-refractivity contribution in [1.29, 1.82) is 0 Å². The van der Waals surface area contributed by atoms with Crippen molar-refractivity contribution in [2.75, 3.05) is 32.8 Å². The van der Waals surface area contributed by atoms with E-state index in [-0.39, 0.29) is 17.7 Å². The third kappa shape index (κ3) is 7.63. The van der Waals surface area contributed by atoms with E-state index < -0.39 is 11.9 Å². The molecule has 1 aromatic carbocycles. The number of rotatable bonds is 6. The Morgan fingerprint density at radius 1 is 1.16 bits per heavy atom. The lowest BCUT2D eigenvalue weighted by molar-refractivity contribution is -0.147. The molecule has 2 fully saturated rings. The van der Waals surface area contributed by atoms with Crippen LogP contribution in [0, 0.1) is 11.8 Å². The normalized spacial score (nSPS) is 19.6. The van der Waals surface area contributed by atoms with Gasteiger partial charge in [-0.3, -0.25) is 19.6 Å². The fraction of sp³-hybridized carbons (Fsp3) is 0.609. The summed E-state index contributed by atoms with van der Waals surface area (Å²) in [5.74, 6) is 0.333. The summed E-state index contributed by atoms with van der Waals surface area (Å²) in [5.41, 5.74) is 2.49. The van der Waals surface area contributed by atoms with Gasteiger partial charge in [0.1, 0.15) is 6.04 Å². The van der Waals surface area contributed by atoms with E-state index in [1.54, 1.807) is 0 Å². The number of likely N-dealkylation sites (tertiary alicyclic amines) is 1. The summed E-state index contributed by atoms with van der Waals surface area (Å²) >= 11 is 0. The Labute approximate surface area is 184 Å². The van der Waals surface area contributed by atoms with Gasteiger partial charge in [0.25, 0.3) is 0 Å². The van der Waals surface area contributed by atoms with Crippen LogP contribution in [0.3, 0.4) is 0 Å². The minimum absolute atomic E-state index is 0.0609. The second-order valence-corrected chi connectivity index (χ2v) is 8.46. The molecular weight excluding hydrogens is 398 g/mol. The van der Waals surface area contributed by atoms with Crippen LogP contribution in [0.15, 0.2) is 30.3 Å². The lowest BCUT2D eigenvalue weighted by atomic mass is 9.96. The highest BCUT2D eigenvalue weighted by atomic mass is 16.5. The molecule has 2 N–H and O–H groups in total. The first-order chi connectivity index (χ1) is 14.8. The third-order valence-electron chi connectivity index (χ3n) is 5.52. The highest BCUT2D eigenvalue weighted by molar-refractivity contribution is 5.90. The number of ether oxygens (including phenoxy) is 1. The van der Waals surface area contributed by atoms with Crippen molar-refractivity contribution in [2.24, 2.45) is 11.8 Å². The molecule has 2 aliphatic rings. The van der Waals surface area contributed by atoms with E-state index in [0.717, 1.165) is 18.4 Å².